The summed E-state index contributed by atoms with van der Waals surface area (Å²) in [6, 6.07) is 11.1. The molecule has 0 aliphatic rings. The molecule has 0 saturated heterocycles. The molecule has 1 amide bonds. The van der Waals surface area contributed by atoms with Gasteiger partial charge in [0.15, 0.2) is 0 Å². The molecule has 0 spiro atoms. The van der Waals surface area contributed by atoms with Gasteiger partial charge >= 0.3 is 0 Å². The van der Waals surface area contributed by atoms with Gasteiger partial charge in [-0.25, -0.2) is 0 Å². The average Bonchev–Trinajstić information content (AvgIpc) is 3.19. The molecular formula is C18H18ClN3O2. The summed E-state index contributed by atoms with van der Waals surface area (Å²) in [5.74, 6) is 1.35. The summed E-state index contributed by atoms with van der Waals surface area (Å²) in [5, 5.41) is 7.82. The van der Waals surface area contributed by atoms with E-state index in [1.807, 2.05) is 50.2 Å². The van der Waals surface area contributed by atoms with Crippen LogP contribution in [0.4, 0.5) is 0 Å². The molecule has 6 heteroatoms. The lowest BCUT2D eigenvalue weighted by atomic mass is 10.2. The summed E-state index contributed by atoms with van der Waals surface area (Å²) in [7, 11) is 0. The molecule has 0 aliphatic heterocycles. The maximum atomic E-state index is 12.3. The molecule has 2 aromatic heterocycles. The molecule has 0 aliphatic carbocycles. The highest BCUT2D eigenvalue weighted by molar-refractivity contribution is 6.31. The van der Waals surface area contributed by atoms with Gasteiger partial charge in [0, 0.05) is 11.2 Å². The number of furan rings is 1. The molecular weight excluding hydrogens is 326 g/mol. The van der Waals surface area contributed by atoms with Crippen molar-refractivity contribution in [3.63, 3.8) is 0 Å². The summed E-state index contributed by atoms with van der Waals surface area (Å²) in [4.78, 5) is 12.3. The Kier molecular flexibility index (Phi) is 4.71. The highest BCUT2D eigenvalue weighted by Gasteiger charge is 2.15. The molecule has 0 fully saturated rings. The number of benzene rings is 1. The van der Waals surface area contributed by atoms with Crippen LogP contribution in [0, 0.1) is 6.92 Å². The fraction of sp³-hybridized carbons (Fsp3) is 0.222. The number of rotatable bonds is 5. The van der Waals surface area contributed by atoms with Crippen molar-refractivity contribution in [1.29, 1.82) is 0 Å². The number of nitrogens with one attached hydrogen (secondary N) is 1. The predicted molar refractivity (Wildman–Crippen MR) is 92.1 cm³/mol. The second-order valence-corrected chi connectivity index (χ2v) is 6.07. The Morgan fingerprint density at radius 2 is 2.12 bits per heavy atom. The zero-order valence-electron chi connectivity index (χ0n) is 13.5. The van der Waals surface area contributed by atoms with Crippen LogP contribution in [0.3, 0.4) is 0 Å². The van der Waals surface area contributed by atoms with Crippen molar-refractivity contribution in [3.05, 3.63) is 76.5 Å². The lowest BCUT2D eigenvalue weighted by Gasteiger charge is -2.10. The molecule has 0 saturated carbocycles. The van der Waals surface area contributed by atoms with Crippen molar-refractivity contribution in [2.75, 3.05) is 0 Å². The third-order valence-electron chi connectivity index (χ3n) is 3.72. The Hall–Kier alpha value is -2.53. The van der Waals surface area contributed by atoms with Crippen LogP contribution < -0.4 is 5.32 Å². The Bertz CT molecular complexity index is 853. The first kappa shape index (κ1) is 16.3. The van der Waals surface area contributed by atoms with E-state index in [2.05, 4.69) is 10.4 Å². The van der Waals surface area contributed by atoms with E-state index >= 15 is 0 Å². The van der Waals surface area contributed by atoms with Gasteiger partial charge in [-0.2, -0.15) is 5.10 Å². The maximum absolute atomic E-state index is 12.3. The molecule has 5 nitrogen and oxygen atoms in total. The van der Waals surface area contributed by atoms with Crippen LogP contribution >= 0.6 is 11.6 Å². The first-order chi connectivity index (χ1) is 11.5. The quantitative estimate of drug-likeness (QED) is 0.762. The normalized spacial score (nSPS) is 12.1. The van der Waals surface area contributed by atoms with Crippen LogP contribution in [0.2, 0.25) is 5.02 Å². The highest BCUT2D eigenvalue weighted by atomic mass is 35.5. The molecule has 24 heavy (non-hydrogen) atoms. The van der Waals surface area contributed by atoms with E-state index in [0.29, 0.717) is 17.1 Å². The number of hydrogen-bond donors (Lipinski definition) is 1. The largest absolute Gasteiger partial charge is 0.464 e. The summed E-state index contributed by atoms with van der Waals surface area (Å²) >= 11 is 6.15. The Labute approximate surface area is 145 Å². The third-order valence-corrected chi connectivity index (χ3v) is 4.09. The van der Waals surface area contributed by atoms with E-state index < -0.39 is 0 Å². The van der Waals surface area contributed by atoms with Gasteiger partial charge in [0.25, 0.3) is 5.91 Å². The average molecular weight is 344 g/mol. The van der Waals surface area contributed by atoms with Gasteiger partial charge in [0.05, 0.1) is 24.3 Å². The standard InChI is InChI=1S/C18H18ClN3O2/c1-12-7-8-17(24-12)13(2)21-18(23)15-9-20-22(11-15)10-14-5-3-4-6-16(14)19/h3-9,11,13H,10H2,1-2H3,(H,21,23). The highest BCUT2D eigenvalue weighted by Crippen LogP contribution is 2.17. The number of halogens is 1. The summed E-state index contributed by atoms with van der Waals surface area (Å²) in [6.45, 7) is 4.26. The topological polar surface area (TPSA) is 60.1 Å². The van der Waals surface area contributed by atoms with Gasteiger partial charge in [-0.1, -0.05) is 29.8 Å². The van der Waals surface area contributed by atoms with Gasteiger partial charge < -0.3 is 9.73 Å². The van der Waals surface area contributed by atoms with E-state index in [4.69, 9.17) is 16.0 Å². The Morgan fingerprint density at radius 1 is 1.33 bits per heavy atom. The maximum Gasteiger partial charge on any atom is 0.255 e. The van der Waals surface area contributed by atoms with E-state index in [9.17, 15) is 4.79 Å². The van der Waals surface area contributed by atoms with Crippen molar-refractivity contribution >= 4 is 17.5 Å². The lowest BCUT2D eigenvalue weighted by Crippen LogP contribution is -2.26. The van der Waals surface area contributed by atoms with E-state index in [0.717, 1.165) is 17.1 Å². The molecule has 0 bridgehead atoms. The molecule has 3 aromatic rings. The van der Waals surface area contributed by atoms with E-state index in [1.54, 1.807) is 17.1 Å². The molecule has 3 rings (SSSR count). The minimum Gasteiger partial charge on any atom is -0.464 e. The number of nitrogens with zero attached hydrogens (tertiary/aromatic N) is 2. The number of amides is 1. The first-order valence-electron chi connectivity index (χ1n) is 7.66. The summed E-state index contributed by atoms with van der Waals surface area (Å²) in [6.07, 6.45) is 3.26. The zero-order chi connectivity index (χ0) is 17.1. The van der Waals surface area contributed by atoms with E-state index in [1.165, 1.54) is 0 Å². The molecule has 1 atom stereocenters. The van der Waals surface area contributed by atoms with Crippen LogP contribution in [-0.4, -0.2) is 15.7 Å². The number of aromatic nitrogens is 2. The minimum atomic E-state index is -0.210. The number of carbonyl (C=O) groups is 1. The minimum absolute atomic E-state index is 0.193. The smallest absolute Gasteiger partial charge is 0.255 e. The molecule has 1 N–H and O–H groups in total. The van der Waals surface area contributed by atoms with Crippen molar-refractivity contribution in [3.8, 4) is 0 Å². The van der Waals surface area contributed by atoms with Crippen molar-refractivity contribution in [2.45, 2.75) is 26.4 Å². The van der Waals surface area contributed by atoms with Crippen LogP contribution in [-0.2, 0) is 6.54 Å². The molecule has 0 radical (unpaired) electrons. The third kappa shape index (κ3) is 3.68. The van der Waals surface area contributed by atoms with Crippen molar-refractivity contribution < 1.29 is 9.21 Å². The summed E-state index contributed by atoms with van der Waals surface area (Å²) in [5.41, 5.74) is 1.45. The molecule has 124 valence electrons. The van der Waals surface area contributed by atoms with Crippen LogP contribution in [0.15, 0.2) is 53.2 Å². The fourth-order valence-corrected chi connectivity index (χ4v) is 2.60. The van der Waals surface area contributed by atoms with Gasteiger partial charge in [-0.15, -0.1) is 0 Å². The van der Waals surface area contributed by atoms with Gasteiger partial charge in [-0.05, 0) is 37.6 Å². The number of aryl methyl sites for hydroxylation is 1. The van der Waals surface area contributed by atoms with Crippen LogP contribution in [0.5, 0.6) is 0 Å². The zero-order valence-corrected chi connectivity index (χ0v) is 14.2. The second-order valence-electron chi connectivity index (χ2n) is 5.66. The Balaban J connectivity index is 1.66. The first-order valence-corrected chi connectivity index (χ1v) is 8.04. The lowest BCUT2D eigenvalue weighted by molar-refractivity contribution is 0.0935. The number of hydrogen-bond acceptors (Lipinski definition) is 3. The monoisotopic (exact) mass is 343 g/mol. The van der Waals surface area contributed by atoms with Crippen LogP contribution in [0.25, 0.3) is 0 Å². The van der Waals surface area contributed by atoms with Crippen molar-refractivity contribution in [2.24, 2.45) is 0 Å². The molecule has 2 heterocycles. The SMILES string of the molecule is Cc1ccc(C(C)NC(=O)c2cnn(Cc3ccccc3Cl)c2)o1. The van der Waals surface area contributed by atoms with Gasteiger partial charge in [-0.3, -0.25) is 9.48 Å². The predicted octanol–water partition coefficient (Wildman–Crippen LogP) is 3.98. The van der Waals surface area contributed by atoms with Crippen molar-refractivity contribution in [1.82, 2.24) is 15.1 Å². The molecule has 1 unspecified atom stereocenters. The molecule has 1 aromatic carbocycles. The number of carbonyl (C=O) groups excluding carboxylic acids is 1. The summed E-state index contributed by atoms with van der Waals surface area (Å²) < 4.78 is 7.22. The second kappa shape index (κ2) is 6.93. The van der Waals surface area contributed by atoms with Gasteiger partial charge in [0.1, 0.15) is 11.5 Å². The van der Waals surface area contributed by atoms with Gasteiger partial charge in [0.2, 0.25) is 0 Å². The fourth-order valence-electron chi connectivity index (χ4n) is 2.41. The van der Waals surface area contributed by atoms with E-state index in [-0.39, 0.29) is 11.9 Å². The van der Waals surface area contributed by atoms with Crippen LogP contribution in [0.1, 0.15) is 40.4 Å². The Morgan fingerprint density at radius 3 is 2.83 bits per heavy atom.